The number of hydrogen-bond acceptors (Lipinski definition) is 4. The van der Waals surface area contributed by atoms with Gasteiger partial charge in [0.1, 0.15) is 0 Å². The molecule has 0 aliphatic rings. The van der Waals surface area contributed by atoms with E-state index in [4.69, 9.17) is 0 Å². The Hall–Kier alpha value is -2.53. The van der Waals surface area contributed by atoms with Crippen molar-refractivity contribution in [2.75, 3.05) is 4.72 Å². The topological polar surface area (TPSA) is 95.3 Å². The summed E-state index contributed by atoms with van der Waals surface area (Å²) < 4.78 is 74.2. The lowest BCUT2D eigenvalue weighted by molar-refractivity contribution is -0.384. The Bertz CT molecular complexity index is 809. The molecule has 128 valence electrons. The molecule has 2 rings (SSSR count). The van der Waals surface area contributed by atoms with Crippen molar-refractivity contribution >= 4 is 22.6 Å². The Morgan fingerprint density at radius 3 is 2.12 bits per heavy atom. The molecule has 1 unspecified atom stereocenters. The van der Waals surface area contributed by atoms with Gasteiger partial charge >= 0.3 is 6.18 Å². The molecule has 0 saturated heterocycles. The smallest absolute Gasteiger partial charge is 0.416 e. The van der Waals surface area contributed by atoms with Gasteiger partial charge in [0, 0.05) is 17.3 Å². The van der Waals surface area contributed by atoms with Crippen LogP contribution in [0.2, 0.25) is 0 Å². The van der Waals surface area contributed by atoms with Crippen LogP contribution in [-0.4, -0.2) is 13.7 Å². The molecule has 11 heteroatoms. The van der Waals surface area contributed by atoms with Gasteiger partial charge in [0.15, 0.2) is 11.5 Å². The lowest BCUT2D eigenvalue weighted by Crippen LogP contribution is -2.07. The maximum Gasteiger partial charge on any atom is 0.416 e. The second-order valence-electron chi connectivity index (χ2n) is 4.52. The van der Waals surface area contributed by atoms with Gasteiger partial charge in [-0.1, -0.05) is 12.1 Å². The van der Waals surface area contributed by atoms with Crippen molar-refractivity contribution in [3.05, 3.63) is 57.9 Å². The van der Waals surface area contributed by atoms with Crippen LogP contribution < -0.4 is 4.72 Å². The second kappa shape index (κ2) is 6.53. The minimum Gasteiger partial charge on any atom is -0.755 e. The van der Waals surface area contributed by atoms with Gasteiger partial charge in [0.25, 0.3) is 5.69 Å². The summed E-state index contributed by atoms with van der Waals surface area (Å²) in [5.41, 5.74) is -2.63. The van der Waals surface area contributed by atoms with Gasteiger partial charge in [-0.2, -0.15) is 13.2 Å². The van der Waals surface area contributed by atoms with E-state index in [2.05, 4.69) is 0 Å². The largest absolute Gasteiger partial charge is 0.755 e. The van der Waals surface area contributed by atoms with Crippen molar-refractivity contribution in [3.8, 4) is 11.1 Å². The Morgan fingerprint density at radius 1 is 1.08 bits per heavy atom. The summed E-state index contributed by atoms with van der Waals surface area (Å²) in [6.45, 7) is 0. The summed E-state index contributed by atoms with van der Waals surface area (Å²) in [5.74, 6) is -1.23. The number of alkyl halides is 3. The maximum absolute atomic E-state index is 14.0. The highest BCUT2D eigenvalue weighted by molar-refractivity contribution is 7.80. The van der Waals surface area contributed by atoms with Crippen LogP contribution in [0.4, 0.5) is 28.9 Å². The van der Waals surface area contributed by atoms with Gasteiger partial charge in [-0.15, -0.1) is 0 Å². The first kappa shape index (κ1) is 17.8. The number of hydrogen-bond donors (Lipinski definition) is 1. The highest BCUT2D eigenvalue weighted by Gasteiger charge is 2.30. The van der Waals surface area contributed by atoms with E-state index in [9.17, 15) is 36.4 Å². The Kier molecular flexibility index (Phi) is 4.85. The van der Waals surface area contributed by atoms with E-state index in [-0.39, 0.29) is 11.1 Å². The van der Waals surface area contributed by atoms with Crippen molar-refractivity contribution in [2.24, 2.45) is 0 Å². The van der Waals surface area contributed by atoms with E-state index in [0.717, 1.165) is 36.4 Å². The molecule has 1 N–H and O–H groups in total. The molecule has 0 bridgehead atoms. The first-order valence-corrected chi connectivity index (χ1v) is 7.18. The predicted octanol–water partition coefficient (Wildman–Crippen LogP) is 3.63. The number of rotatable bonds is 4. The third-order valence-corrected chi connectivity index (χ3v) is 3.37. The second-order valence-corrected chi connectivity index (χ2v) is 5.19. The van der Waals surface area contributed by atoms with Gasteiger partial charge in [0.05, 0.1) is 10.5 Å². The van der Waals surface area contributed by atoms with Gasteiger partial charge in [-0.25, -0.2) is 4.39 Å². The van der Waals surface area contributed by atoms with E-state index in [0.29, 0.717) is 0 Å². The lowest BCUT2D eigenvalue weighted by Gasteiger charge is -2.12. The summed E-state index contributed by atoms with van der Waals surface area (Å²) in [6.07, 6.45) is -4.55. The normalized spacial score (nSPS) is 12.7. The molecular formula is C13H7F4N2O4S-. The van der Waals surface area contributed by atoms with E-state index < -0.39 is 45.1 Å². The highest BCUT2D eigenvalue weighted by atomic mass is 32.2. The highest BCUT2D eigenvalue weighted by Crippen LogP contribution is 2.35. The number of nitrogens with one attached hydrogen (secondary N) is 1. The van der Waals surface area contributed by atoms with Crippen molar-refractivity contribution in [3.63, 3.8) is 0 Å². The number of nitrogens with zero attached hydrogens (tertiary/aromatic N) is 1. The molecule has 24 heavy (non-hydrogen) atoms. The average Bonchev–Trinajstić information content (AvgIpc) is 2.47. The standard InChI is InChI=1S/C13H8F4N2O4S/c14-10-5-8(6-11(19(20)21)12(10)18-24(22)23)7-1-3-9(4-2-7)13(15,16)17/h1-6,18H,(H,22,23)/p-1. The monoisotopic (exact) mass is 363 g/mol. The van der Waals surface area contributed by atoms with Gasteiger partial charge in [-0.3, -0.25) is 14.3 Å². The molecule has 0 radical (unpaired) electrons. The van der Waals surface area contributed by atoms with E-state index >= 15 is 0 Å². The summed E-state index contributed by atoms with van der Waals surface area (Å²) in [7, 11) is 0. The summed E-state index contributed by atoms with van der Waals surface area (Å²) in [6, 6.07) is 5.20. The number of halogens is 4. The van der Waals surface area contributed by atoms with Crippen LogP contribution in [-0.2, 0) is 17.4 Å². The van der Waals surface area contributed by atoms with Crippen molar-refractivity contribution in [1.82, 2.24) is 0 Å². The Morgan fingerprint density at radius 2 is 1.67 bits per heavy atom. The number of benzene rings is 2. The van der Waals surface area contributed by atoms with Gasteiger partial charge in [0.2, 0.25) is 0 Å². The quantitative estimate of drug-likeness (QED) is 0.388. The van der Waals surface area contributed by atoms with Gasteiger partial charge in [-0.05, 0) is 29.3 Å². The summed E-state index contributed by atoms with van der Waals surface area (Å²) >= 11 is -2.99. The van der Waals surface area contributed by atoms with Crippen LogP contribution in [0.5, 0.6) is 0 Å². The van der Waals surface area contributed by atoms with Crippen molar-refractivity contribution < 1.29 is 31.2 Å². The zero-order chi connectivity index (χ0) is 18.1. The number of nitro benzene ring substituents is 1. The molecule has 0 amide bonds. The van der Waals surface area contributed by atoms with Crippen LogP contribution in [0.15, 0.2) is 36.4 Å². The zero-order valence-corrected chi connectivity index (χ0v) is 12.3. The Labute approximate surface area is 134 Å². The molecule has 0 aromatic heterocycles. The lowest BCUT2D eigenvalue weighted by atomic mass is 10.0. The molecule has 6 nitrogen and oxygen atoms in total. The van der Waals surface area contributed by atoms with Crippen LogP contribution in [0.25, 0.3) is 11.1 Å². The third-order valence-electron chi connectivity index (χ3n) is 3.00. The molecule has 0 heterocycles. The minimum absolute atomic E-state index is 0.0739. The molecular weight excluding hydrogens is 356 g/mol. The van der Waals surface area contributed by atoms with E-state index in [1.165, 1.54) is 0 Å². The molecule has 0 saturated carbocycles. The van der Waals surface area contributed by atoms with Crippen LogP contribution in [0.3, 0.4) is 0 Å². The van der Waals surface area contributed by atoms with E-state index in [1.54, 1.807) is 4.72 Å². The molecule has 0 aliphatic heterocycles. The predicted molar refractivity (Wildman–Crippen MR) is 76.0 cm³/mol. The summed E-state index contributed by atoms with van der Waals surface area (Å²) in [5, 5.41) is 11.0. The Balaban J connectivity index is 2.52. The summed E-state index contributed by atoms with van der Waals surface area (Å²) in [4.78, 5) is 9.97. The average molecular weight is 363 g/mol. The third kappa shape index (κ3) is 3.86. The molecule has 2 aromatic rings. The van der Waals surface area contributed by atoms with Crippen LogP contribution >= 0.6 is 0 Å². The number of nitro groups is 1. The fourth-order valence-electron chi connectivity index (χ4n) is 1.94. The molecule has 0 spiro atoms. The minimum atomic E-state index is -4.55. The first-order chi connectivity index (χ1) is 11.1. The van der Waals surface area contributed by atoms with Crippen LogP contribution in [0.1, 0.15) is 5.56 Å². The van der Waals surface area contributed by atoms with E-state index in [1.807, 2.05) is 0 Å². The van der Waals surface area contributed by atoms with Crippen LogP contribution in [0, 0.1) is 15.9 Å². The zero-order valence-electron chi connectivity index (χ0n) is 11.5. The first-order valence-electron chi connectivity index (χ1n) is 6.11. The molecule has 0 fully saturated rings. The fraction of sp³-hybridized carbons (Fsp3) is 0.0769. The fourth-order valence-corrected chi connectivity index (χ4v) is 2.31. The number of anilines is 1. The SMILES string of the molecule is O=[N+]([O-])c1cc(-c2ccc(C(F)(F)F)cc2)cc(F)c1NS(=O)[O-]. The van der Waals surface area contributed by atoms with Crippen molar-refractivity contribution in [1.29, 1.82) is 0 Å². The maximum atomic E-state index is 14.0. The molecule has 1 atom stereocenters. The van der Waals surface area contributed by atoms with Gasteiger partial charge < -0.3 is 9.27 Å². The molecule has 2 aromatic carbocycles. The molecule has 0 aliphatic carbocycles. The van der Waals surface area contributed by atoms with Crippen molar-refractivity contribution in [2.45, 2.75) is 6.18 Å².